The minimum atomic E-state index is -0.516. The molecule has 1 unspecified atom stereocenters. The number of ether oxygens (including phenoxy) is 2. The summed E-state index contributed by atoms with van der Waals surface area (Å²) in [6.07, 6.45) is 7.94. The Hall–Kier alpha value is -1.63. The molecule has 0 aliphatic carbocycles. The molecule has 1 amide bonds. The molecule has 0 aromatic heterocycles. The van der Waals surface area contributed by atoms with Crippen LogP contribution in [0.1, 0.15) is 32.3 Å². The van der Waals surface area contributed by atoms with E-state index in [9.17, 15) is 4.79 Å². The van der Waals surface area contributed by atoms with Gasteiger partial charge in [0.1, 0.15) is 11.4 Å². The predicted octanol–water partition coefficient (Wildman–Crippen LogP) is 0.864. The monoisotopic (exact) mass is 293 g/mol. The zero-order valence-corrected chi connectivity index (χ0v) is 13.8. The number of carbonyl (C=O) groups is 1. The summed E-state index contributed by atoms with van der Waals surface area (Å²) in [6.45, 7) is 5.51. The molecule has 0 saturated carbocycles. The molecule has 22 heavy (non-hydrogen) atoms. The van der Waals surface area contributed by atoms with E-state index >= 15 is 0 Å². The van der Waals surface area contributed by atoms with E-state index in [-0.39, 0.29) is 24.8 Å². The SMILES string of the molecule is COc1ccccc1C1[C-]=CN(C(=O)OC(C)(C)C)C=C1.[Li+]. The van der Waals surface area contributed by atoms with Crippen molar-refractivity contribution in [1.82, 2.24) is 4.90 Å². The fourth-order valence-corrected chi connectivity index (χ4v) is 1.98. The van der Waals surface area contributed by atoms with Gasteiger partial charge in [-0.2, -0.15) is 6.20 Å². The number of nitrogens with zero attached hydrogens (tertiary/aromatic N) is 1. The minimum absolute atomic E-state index is 0. The molecule has 1 aliphatic rings. The van der Waals surface area contributed by atoms with E-state index in [2.05, 4.69) is 6.08 Å². The maximum atomic E-state index is 11.9. The van der Waals surface area contributed by atoms with Crippen molar-refractivity contribution in [3.8, 4) is 5.75 Å². The van der Waals surface area contributed by atoms with E-state index in [4.69, 9.17) is 9.47 Å². The summed E-state index contributed by atoms with van der Waals surface area (Å²) >= 11 is 0. The number of rotatable bonds is 2. The van der Waals surface area contributed by atoms with Crippen LogP contribution in [0.25, 0.3) is 0 Å². The zero-order valence-electron chi connectivity index (χ0n) is 13.8. The summed E-state index contributed by atoms with van der Waals surface area (Å²) in [7, 11) is 1.64. The van der Waals surface area contributed by atoms with E-state index in [1.54, 1.807) is 19.5 Å². The van der Waals surface area contributed by atoms with Crippen LogP contribution in [0.15, 0.2) is 42.7 Å². The predicted molar refractivity (Wildman–Crippen MR) is 80.8 cm³/mol. The molecule has 4 nitrogen and oxygen atoms in total. The molecule has 0 N–H and O–H groups in total. The number of methoxy groups -OCH3 is 1. The Morgan fingerprint density at radius 2 is 1.95 bits per heavy atom. The quantitative estimate of drug-likeness (QED) is 0.600. The van der Waals surface area contributed by atoms with Gasteiger partial charge in [-0.3, -0.25) is 4.90 Å². The van der Waals surface area contributed by atoms with Crippen molar-refractivity contribution in [2.45, 2.75) is 32.3 Å². The molecule has 5 heteroatoms. The van der Waals surface area contributed by atoms with E-state index in [1.807, 2.05) is 51.1 Å². The normalized spacial score (nSPS) is 16.9. The summed E-state index contributed by atoms with van der Waals surface area (Å²) in [5.41, 5.74) is 0.495. The Balaban J connectivity index is 0.00000242. The molecular formula is C17H20LiNO3. The van der Waals surface area contributed by atoms with Gasteiger partial charge < -0.3 is 15.5 Å². The van der Waals surface area contributed by atoms with Gasteiger partial charge >= 0.3 is 25.0 Å². The maximum Gasteiger partial charge on any atom is 1.00 e. The smallest absolute Gasteiger partial charge is 0.497 e. The van der Waals surface area contributed by atoms with Crippen LogP contribution in [0, 0.1) is 6.08 Å². The van der Waals surface area contributed by atoms with Gasteiger partial charge in [-0.15, -0.1) is 5.92 Å². The average molecular weight is 293 g/mol. The van der Waals surface area contributed by atoms with Crippen LogP contribution in [0.2, 0.25) is 0 Å². The maximum absolute atomic E-state index is 11.9. The first-order chi connectivity index (χ1) is 9.90. The topological polar surface area (TPSA) is 38.8 Å². The summed E-state index contributed by atoms with van der Waals surface area (Å²) in [5.74, 6) is 0.763. The molecular weight excluding hydrogens is 273 g/mol. The number of carbonyl (C=O) groups excluding carboxylic acids is 1. The molecule has 1 heterocycles. The second-order valence-electron chi connectivity index (χ2n) is 5.74. The second kappa shape index (κ2) is 7.58. The van der Waals surface area contributed by atoms with Crippen LogP contribution in [0.4, 0.5) is 4.79 Å². The molecule has 0 bridgehead atoms. The van der Waals surface area contributed by atoms with Gasteiger partial charge in [0, 0.05) is 6.20 Å². The van der Waals surface area contributed by atoms with Crippen LogP contribution < -0.4 is 23.6 Å². The van der Waals surface area contributed by atoms with Crippen molar-refractivity contribution < 1.29 is 33.1 Å². The van der Waals surface area contributed by atoms with Crippen molar-refractivity contribution in [1.29, 1.82) is 0 Å². The number of para-hydroxylation sites is 1. The number of amides is 1. The van der Waals surface area contributed by atoms with Crippen molar-refractivity contribution in [2.75, 3.05) is 7.11 Å². The Morgan fingerprint density at radius 3 is 2.50 bits per heavy atom. The van der Waals surface area contributed by atoms with Gasteiger partial charge in [0.25, 0.3) is 0 Å². The average Bonchev–Trinajstić information content (AvgIpc) is 2.45. The van der Waals surface area contributed by atoms with Crippen LogP contribution in [-0.2, 0) is 4.74 Å². The second-order valence-corrected chi connectivity index (χ2v) is 5.74. The van der Waals surface area contributed by atoms with Gasteiger partial charge in [-0.1, -0.05) is 24.3 Å². The van der Waals surface area contributed by atoms with E-state index in [0.29, 0.717) is 0 Å². The Labute approximate surface area is 144 Å². The van der Waals surface area contributed by atoms with E-state index < -0.39 is 11.7 Å². The van der Waals surface area contributed by atoms with E-state index in [1.165, 1.54) is 4.90 Å². The molecule has 1 aromatic carbocycles. The van der Waals surface area contributed by atoms with Gasteiger partial charge in [0.15, 0.2) is 0 Å². The fourth-order valence-electron chi connectivity index (χ4n) is 1.98. The van der Waals surface area contributed by atoms with Crippen LogP contribution >= 0.6 is 0 Å². The first-order valence-corrected chi connectivity index (χ1v) is 6.82. The Kier molecular flexibility index (Phi) is 6.34. The third-order valence-electron chi connectivity index (χ3n) is 2.91. The van der Waals surface area contributed by atoms with Crippen molar-refractivity contribution in [3.63, 3.8) is 0 Å². The Morgan fingerprint density at radius 1 is 1.27 bits per heavy atom. The summed E-state index contributed by atoms with van der Waals surface area (Å²) in [5, 5.41) is 0. The van der Waals surface area contributed by atoms with Crippen molar-refractivity contribution >= 4 is 6.09 Å². The molecule has 1 aliphatic heterocycles. The molecule has 0 radical (unpaired) electrons. The zero-order chi connectivity index (χ0) is 15.5. The molecule has 2 rings (SSSR count). The number of hydrogen-bond acceptors (Lipinski definition) is 3. The van der Waals surface area contributed by atoms with Crippen molar-refractivity contribution in [2.24, 2.45) is 0 Å². The van der Waals surface area contributed by atoms with Crippen LogP contribution in [0.3, 0.4) is 0 Å². The number of hydrogen-bond donors (Lipinski definition) is 0. The van der Waals surface area contributed by atoms with Gasteiger partial charge in [0.2, 0.25) is 0 Å². The van der Waals surface area contributed by atoms with Gasteiger partial charge in [-0.05, 0) is 32.4 Å². The number of benzene rings is 1. The first kappa shape index (κ1) is 18.4. The van der Waals surface area contributed by atoms with Gasteiger partial charge in [-0.25, -0.2) is 4.79 Å². The van der Waals surface area contributed by atoms with Crippen LogP contribution in [0.5, 0.6) is 5.75 Å². The summed E-state index contributed by atoms with van der Waals surface area (Å²) < 4.78 is 10.6. The van der Waals surface area contributed by atoms with E-state index in [0.717, 1.165) is 11.3 Å². The van der Waals surface area contributed by atoms with Crippen molar-refractivity contribution in [3.05, 3.63) is 54.4 Å². The summed E-state index contributed by atoms with van der Waals surface area (Å²) in [4.78, 5) is 13.3. The molecule has 0 spiro atoms. The van der Waals surface area contributed by atoms with Crippen LogP contribution in [-0.4, -0.2) is 23.7 Å². The standard InChI is InChI=1S/C17H20NO3.Li/c1-17(2,3)21-16(19)18-11-9-13(10-12-18)14-7-5-6-8-15(14)20-4;/h5-9,11-13H,1-4H3;/q-1;+1. The fraction of sp³-hybridized carbons (Fsp3) is 0.353. The van der Waals surface area contributed by atoms with Gasteiger partial charge in [0.05, 0.1) is 7.11 Å². The molecule has 112 valence electrons. The summed E-state index contributed by atoms with van der Waals surface area (Å²) in [6, 6.07) is 7.77. The Bertz CT molecular complexity index is 562. The first-order valence-electron chi connectivity index (χ1n) is 6.82. The molecule has 1 atom stereocenters. The largest absolute Gasteiger partial charge is 1.00 e. The molecule has 0 saturated heterocycles. The third-order valence-corrected chi connectivity index (χ3v) is 2.91. The molecule has 1 aromatic rings. The molecule has 0 fully saturated rings. The number of allylic oxidation sites excluding steroid dienone is 2. The minimum Gasteiger partial charge on any atom is -0.497 e. The third kappa shape index (κ3) is 4.69.